The van der Waals surface area contributed by atoms with Crippen LogP contribution in [0.2, 0.25) is 0 Å². The molecule has 0 aliphatic heterocycles. The molecule has 2 rings (SSSR count). The third kappa shape index (κ3) is 1.20. The van der Waals surface area contributed by atoms with Crippen LogP contribution in [0, 0.1) is 12.7 Å². The van der Waals surface area contributed by atoms with Crippen LogP contribution < -0.4 is 11.3 Å². The summed E-state index contributed by atoms with van der Waals surface area (Å²) in [5, 5.41) is 0.731. The Kier molecular flexibility index (Phi) is 2.05. The van der Waals surface area contributed by atoms with Crippen molar-refractivity contribution in [2.75, 3.05) is 5.43 Å². The Bertz CT molecular complexity index is 482. The van der Waals surface area contributed by atoms with Gasteiger partial charge in [-0.15, -0.1) is 0 Å². The molecule has 0 saturated carbocycles. The average molecular weight is 191 g/mol. The molecule has 0 spiro atoms. The van der Waals surface area contributed by atoms with E-state index in [1.54, 1.807) is 12.1 Å². The number of pyridine rings is 1. The SMILES string of the molecule is Cc1ccc(F)c2nccc(NN)c12. The molecule has 0 bridgehead atoms. The molecule has 3 nitrogen and oxygen atoms in total. The van der Waals surface area contributed by atoms with Gasteiger partial charge in [0, 0.05) is 11.6 Å². The summed E-state index contributed by atoms with van der Waals surface area (Å²) in [7, 11) is 0. The van der Waals surface area contributed by atoms with Crippen LogP contribution in [0.15, 0.2) is 24.4 Å². The lowest BCUT2D eigenvalue weighted by Gasteiger charge is -2.07. The summed E-state index contributed by atoms with van der Waals surface area (Å²) in [4.78, 5) is 3.98. The highest BCUT2D eigenvalue weighted by atomic mass is 19.1. The topological polar surface area (TPSA) is 50.9 Å². The number of halogens is 1. The first-order valence-corrected chi connectivity index (χ1v) is 4.24. The minimum absolute atomic E-state index is 0.331. The zero-order valence-electron chi connectivity index (χ0n) is 7.71. The number of rotatable bonds is 1. The van der Waals surface area contributed by atoms with E-state index in [-0.39, 0.29) is 5.82 Å². The van der Waals surface area contributed by atoms with E-state index in [0.717, 1.165) is 10.9 Å². The van der Waals surface area contributed by atoms with Crippen molar-refractivity contribution in [3.8, 4) is 0 Å². The summed E-state index contributed by atoms with van der Waals surface area (Å²) in [6.45, 7) is 1.89. The molecule has 0 atom stereocenters. The Balaban J connectivity index is 2.92. The summed E-state index contributed by atoms with van der Waals surface area (Å²) in [6.07, 6.45) is 1.53. The maximum atomic E-state index is 13.4. The highest BCUT2D eigenvalue weighted by molar-refractivity contribution is 5.93. The summed E-state index contributed by atoms with van der Waals surface area (Å²) < 4.78 is 13.4. The minimum atomic E-state index is -0.331. The third-order valence-corrected chi connectivity index (χ3v) is 2.21. The Morgan fingerprint density at radius 3 is 2.86 bits per heavy atom. The molecule has 72 valence electrons. The van der Waals surface area contributed by atoms with Crippen molar-refractivity contribution < 1.29 is 4.39 Å². The van der Waals surface area contributed by atoms with Crippen molar-refractivity contribution in [2.24, 2.45) is 5.84 Å². The number of hydrogen-bond donors (Lipinski definition) is 2. The van der Waals surface area contributed by atoms with Crippen LogP contribution in [0.25, 0.3) is 10.9 Å². The number of nitrogens with one attached hydrogen (secondary N) is 1. The summed E-state index contributed by atoms with van der Waals surface area (Å²) in [5.41, 5.74) is 4.51. The predicted octanol–water partition coefficient (Wildman–Crippen LogP) is 1.97. The van der Waals surface area contributed by atoms with Crippen LogP contribution in [-0.2, 0) is 0 Å². The summed E-state index contributed by atoms with van der Waals surface area (Å²) >= 11 is 0. The monoisotopic (exact) mass is 191 g/mol. The fourth-order valence-electron chi connectivity index (χ4n) is 1.52. The van der Waals surface area contributed by atoms with Crippen molar-refractivity contribution in [3.05, 3.63) is 35.8 Å². The largest absolute Gasteiger partial charge is 0.323 e. The van der Waals surface area contributed by atoms with E-state index in [2.05, 4.69) is 10.4 Å². The number of aryl methyl sites for hydroxylation is 1. The van der Waals surface area contributed by atoms with Crippen LogP contribution in [-0.4, -0.2) is 4.98 Å². The second-order valence-electron chi connectivity index (χ2n) is 3.09. The van der Waals surface area contributed by atoms with Gasteiger partial charge in [-0.2, -0.15) is 0 Å². The first-order chi connectivity index (χ1) is 6.74. The van der Waals surface area contributed by atoms with Gasteiger partial charge in [0.15, 0.2) is 0 Å². The Morgan fingerprint density at radius 2 is 2.14 bits per heavy atom. The van der Waals surface area contributed by atoms with Gasteiger partial charge in [-0.1, -0.05) is 6.07 Å². The standard InChI is InChI=1S/C10H10FN3/c1-6-2-3-7(11)10-9(6)8(14-12)4-5-13-10/h2-5H,12H2,1H3,(H,13,14). The van der Waals surface area contributed by atoms with Crippen LogP contribution >= 0.6 is 0 Å². The van der Waals surface area contributed by atoms with Crippen molar-refractivity contribution >= 4 is 16.6 Å². The van der Waals surface area contributed by atoms with E-state index in [1.165, 1.54) is 12.3 Å². The maximum Gasteiger partial charge on any atom is 0.149 e. The lowest BCUT2D eigenvalue weighted by atomic mass is 10.1. The summed E-state index contributed by atoms with van der Waals surface area (Å²) in [6, 6.07) is 4.83. The lowest BCUT2D eigenvalue weighted by molar-refractivity contribution is 0.636. The average Bonchev–Trinajstić information content (AvgIpc) is 2.23. The number of hydrogen-bond acceptors (Lipinski definition) is 3. The zero-order valence-corrected chi connectivity index (χ0v) is 7.71. The van der Waals surface area contributed by atoms with E-state index in [0.29, 0.717) is 11.2 Å². The first-order valence-electron chi connectivity index (χ1n) is 4.24. The molecule has 3 N–H and O–H groups in total. The van der Waals surface area contributed by atoms with Crippen molar-refractivity contribution in [1.82, 2.24) is 4.98 Å². The molecule has 0 radical (unpaired) electrons. The quantitative estimate of drug-likeness (QED) is 0.535. The molecule has 2 aromatic rings. The van der Waals surface area contributed by atoms with Gasteiger partial charge in [0.1, 0.15) is 11.3 Å². The van der Waals surface area contributed by atoms with Crippen molar-refractivity contribution in [1.29, 1.82) is 0 Å². The van der Waals surface area contributed by atoms with Gasteiger partial charge in [-0.05, 0) is 24.6 Å². The molecule has 0 aliphatic rings. The third-order valence-electron chi connectivity index (χ3n) is 2.21. The van der Waals surface area contributed by atoms with Crippen molar-refractivity contribution in [2.45, 2.75) is 6.92 Å². The van der Waals surface area contributed by atoms with Crippen LogP contribution in [0.1, 0.15) is 5.56 Å². The second kappa shape index (κ2) is 3.23. The molecule has 0 fully saturated rings. The van der Waals surface area contributed by atoms with E-state index >= 15 is 0 Å². The number of nitrogen functional groups attached to an aromatic ring is 1. The van der Waals surface area contributed by atoms with Crippen molar-refractivity contribution in [3.63, 3.8) is 0 Å². The normalized spacial score (nSPS) is 10.5. The first kappa shape index (κ1) is 8.90. The van der Waals surface area contributed by atoms with Gasteiger partial charge in [0.05, 0.1) is 5.69 Å². The van der Waals surface area contributed by atoms with Crippen LogP contribution in [0.3, 0.4) is 0 Å². The van der Waals surface area contributed by atoms with Gasteiger partial charge in [-0.25, -0.2) is 4.39 Å². The molecular formula is C10H10FN3. The molecule has 14 heavy (non-hydrogen) atoms. The molecule has 0 unspecified atom stereocenters. The Hall–Kier alpha value is -1.68. The van der Waals surface area contributed by atoms with Gasteiger partial charge in [0.25, 0.3) is 0 Å². The number of hydrazine groups is 1. The second-order valence-corrected chi connectivity index (χ2v) is 3.09. The molecule has 0 amide bonds. The van der Waals surface area contributed by atoms with Gasteiger partial charge >= 0.3 is 0 Å². The Morgan fingerprint density at radius 1 is 1.36 bits per heavy atom. The molecule has 1 aromatic heterocycles. The Labute approximate surface area is 80.7 Å². The smallest absolute Gasteiger partial charge is 0.149 e. The number of benzene rings is 1. The van der Waals surface area contributed by atoms with E-state index in [9.17, 15) is 4.39 Å². The maximum absolute atomic E-state index is 13.4. The number of aromatic nitrogens is 1. The van der Waals surface area contributed by atoms with Crippen LogP contribution in [0.5, 0.6) is 0 Å². The minimum Gasteiger partial charge on any atom is -0.323 e. The van der Waals surface area contributed by atoms with E-state index < -0.39 is 0 Å². The fraction of sp³-hybridized carbons (Fsp3) is 0.100. The summed E-state index contributed by atoms with van der Waals surface area (Å²) in [5.74, 6) is 5.00. The van der Waals surface area contributed by atoms with E-state index in [1.807, 2.05) is 6.92 Å². The molecule has 0 aliphatic carbocycles. The molecule has 0 saturated heterocycles. The molecular weight excluding hydrogens is 181 g/mol. The van der Waals surface area contributed by atoms with Gasteiger partial charge < -0.3 is 5.43 Å². The van der Waals surface area contributed by atoms with Crippen LogP contribution in [0.4, 0.5) is 10.1 Å². The lowest BCUT2D eigenvalue weighted by Crippen LogP contribution is -2.08. The number of nitrogens with zero attached hydrogens (tertiary/aromatic N) is 1. The number of anilines is 1. The van der Waals surface area contributed by atoms with Gasteiger partial charge in [0.2, 0.25) is 0 Å². The van der Waals surface area contributed by atoms with Gasteiger partial charge in [-0.3, -0.25) is 10.8 Å². The fourth-order valence-corrected chi connectivity index (χ4v) is 1.52. The van der Waals surface area contributed by atoms with E-state index in [4.69, 9.17) is 5.84 Å². The number of nitrogens with two attached hydrogens (primary N) is 1. The highest BCUT2D eigenvalue weighted by Crippen LogP contribution is 2.25. The zero-order chi connectivity index (χ0) is 10.1. The molecule has 4 heteroatoms. The highest BCUT2D eigenvalue weighted by Gasteiger charge is 2.07. The predicted molar refractivity (Wildman–Crippen MR) is 54.2 cm³/mol. The number of fused-ring (bicyclic) bond motifs is 1. The molecule has 1 aromatic carbocycles. The molecule has 1 heterocycles.